The Morgan fingerprint density at radius 3 is 0.597 bits per heavy atom. The molecule has 0 bridgehead atoms. The Kier molecular flexibility index (Phi) is 20.0. The molecule has 0 N–H and O–H groups in total. The SMILES string of the molecule is c1cc(-c2nc(-c3cccc(-n4ccc5ccccc54)c3)nc(-c3cccc(-n4ccc5ccccc54)c3)n2)cc(-n2ccc3ccccc32)c1.c1cc(-c2nc(-c3cccc(-n4ccnn4)c3)nc(-c3cccc(-n4ccnn4)c3)n2)cc(-n2ccnn2)c1.c1cc(-c2nc(-c3cccc(-n4cncn4)c3)nc(-c3cccc(-n4cncn4)c3)n2)cc(-n2cncn2)c1. The summed E-state index contributed by atoms with van der Waals surface area (Å²) in [5.74, 6) is 4.97. The van der Waals surface area contributed by atoms with Crippen molar-refractivity contribution in [2.45, 2.75) is 0 Å². The highest BCUT2D eigenvalue weighted by molar-refractivity contribution is 5.85. The Balaban J connectivity index is 0.000000115. The van der Waals surface area contributed by atoms with Gasteiger partial charge >= 0.3 is 0 Å². The van der Waals surface area contributed by atoms with E-state index in [1.807, 2.05) is 146 Å². The summed E-state index contributed by atoms with van der Waals surface area (Å²) in [5, 5.41) is 40.4. The fourth-order valence-electron chi connectivity index (χ4n) is 15.4. The molecule has 12 aromatic heterocycles. The molecule has 0 amide bonds. The van der Waals surface area contributed by atoms with E-state index in [-0.39, 0.29) is 0 Å². The Labute approximate surface area is 733 Å². The van der Waals surface area contributed by atoms with E-state index in [1.54, 1.807) is 84.3 Å². The highest BCUT2D eigenvalue weighted by atomic mass is 15.4. The number of hydrogen-bond acceptors (Lipinski definition) is 21. The van der Waals surface area contributed by atoms with Crippen LogP contribution < -0.4 is 0 Å². The molecule has 24 rings (SSSR count). The maximum Gasteiger partial charge on any atom is 0.164 e. The second kappa shape index (κ2) is 33.9. The van der Waals surface area contributed by atoms with Gasteiger partial charge in [-0.3, -0.25) is 0 Å². The van der Waals surface area contributed by atoms with Crippen molar-refractivity contribution in [1.29, 1.82) is 0 Å². The second-order valence-corrected chi connectivity index (χ2v) is 29.7. The summed E-state index contributed by atoms with van der Waals surface area (Å²) in [6.07, 6.45) is 26.0. The predicted octanol–water partition coefficient (Wildman–Crippen LogP) is 17.9. The third-order valence-corrected chi connectivity index (χ3v) is 21.6. The molecule has 0 saturated heterocycles. The molecule has 0 fully saturated rings. The maximum absolute atomic E-state index is 5.14. The molecule has 0 aliphatic heterocycles. The zero-order chi connectivity index (χ0) is 85.8. The standard InChI is InChI=1S/C45H30N6.2C27H18N12/c1-4-19-40-31(10-1)22-25-49(40)37-16-7-13-34(28-37)43-46-44(35-14-8-17-38(29-35)50-26-23-32-11-2-5-20-41(32)50)48-45(47-43)36-15-9-18-39(30-36)51-27-24-33-12-3-6-21-42(33)51;1-4-19(10-22(7-1)37-16-28-13-31-37)25-34-26(20-5-2-8-23(11-20)38-17-29-14-32-38)36-27(35-25)21-6-3-9-24(12-21)39-18-30-15-33-39;1-4-19(16-22(7-1)37-13-10-28-34-37)25-31-26(20-5-2-8-23(17-20)38-14-11-29-35-38)33-27(32-25)21-6-3-9-24(18-21)39-15-12-30-36-39/h1-30H;2*1-18H. The van der Waals surface area contributed by atoms with Crippen LogP contribution in [-0.4, -0.2) is 148 Å². The van der Waals surface area contributed by atoms with E-state index >= 15 is 0 Å². The van der Waals surface area contributed by atoms with E-state index in [0.29, 0.717) is 52.4 Å². The number of benzene rings is 12. The molecule has 0 aliphatic carbocycles. The summed E-state index contributed by atoms with van der Waals surface area (Å²) in [5.41, 5.74) is 19.2. The van der Waals surface area contributed by atoms with Gasteiger partial charge in [-0.2, -0.15) is 15.3 Å². The molecule has 129 heavy (non-hydrogen) atoms. The monoisotopic (exact) mass is 1670 g/mol. The van der Waals surface area contributed by atoms with Crippen molar-refractivity contribution in [3.63, 3.8) is 0 Å². The smallest absolute Gasteiger partial charge is 0.164 e. The van der Waals surface area contributed by atoms with Gasteiger partial charge in [0.25, 0.3) is 0 Å². The first kappa shape index (κ1) is 76.3. The molecule has 0 saturated carbocycles. The lowest BCUT2D eigenvalue weighted by atomic mass is 10.1. The van der Waals surface area contributed by atoms with E-state index in [4.69, 9.17) is 44.9 Å². The van der Waals surface area contributed by atoms with Gasteiger partial charge in [-0.15, -0.1) is 15.3 Å². The van der Waals surface area contributed by atoms with Crippen molar-refractivity contribution in [2.24, 2.45) is 0 Å². The average Bonchev–Trinajstić information content (AvgIpc) is 1.52. The number of para-hydroxylation sites is 3. The molecule has 0 spiro atoms. The van der Waals surface area contributed by atoms with Crippen LogP contribution in [0, 0.1) is 0 Å². The van der Waals surface area contributed by atoms with Gasteiger partial charge in [0.05, 0.1) is 87.9 Å². The number of fused-ring (bicyclic) bond motifs is 3. The zero-order valence-corrected chi connectivity index (χ0v) is 68.0. The third kappa shape index (κ3) is 15.8. The number of rotatable bonds is 18. The second-order valence-electron chi connectivity index (χ2n) is 29.7. The van der Waals surface area contributed by atoms with Crippen LogP contribution in [0.25, 0.3) is 186 Å². The Morgan fingerprint density at radius 1 is 0.178 bits per heavy atom. The van der Waals surface area contributed by atoms with Crippen molar-refractivity contribution in [3.05, 3.63) is 403 Å². The van der Waals surface area contributed by atoms with Gasteiger partial charge in [-0.1, -0.05) is 179 Å². The molecule has 0 atom stereocenters. The quantitative estimate of drug-likeness (QED) is 0.0770. The lowest BCUT2D eigenvalue weighted by molar-refractivity contribution is 0.803. The molecule has 0 radical (unpaired) electrons. The van der Waals surface area contributed by atoms with Crippen LogP contribution >= 0.6 is 0 Å². The van der Waals surface area contributed by atoms with E-state index < -0.39 is 0 Å². The van der Waals surface area contributed by atoms with Crippen LogP contribution in [0.4, 0.5) is 0 Å². The first-order valence-electron chi connectivity index (χ1n) is 40.9. The van der Waals surface area contributed by atoms with Crippen molar-refractivity contribution in [1.82, 2.24) is 148 Å². The van der Waals surface area contributed by atoms with Gasteiger partial charge < -0.3 is 13.7 Å². The molecule has 0 unspecified atom stereocenters. The first-order chi connectivity index (χ1) is 63.8. The Morgan fingerprint density at radius 2 is 0.388 bits per heavy atom. The highest BCUT2D eigenvalue weighted by Gasteiger charge is 2.21. The molecule has 0 aliphatic rings. The van der Waals surface area contributed by atoms with E-state index in [9.17, 15) is 0 Å². The normalized spacial score (nSPS) is 11.3. The predicted molar refractivity (Wildman–Crippen MR) is 488 cm³/mol. The van der Waals surface area contributed by atoms with Crippen molar-refractivity contribution < 1.29 is 0 Å². The minimum Gasteiger partial charge on any atom is -0.317 e. The third-order valence-electron chi connectivity index (χ3n) is 21.6. The van der Waals surface area contributed by atoms with Gasteiger partial charge in [-0.25, -0.2) is 87.9 Å². The summed E-state index contributed by atoms with van der Waals surface area (Å²) in [6.45, 7) is 0. The van der Waals surface area contributed by atoms with Gasteiger partial charge in [0.15, 0.2) is 52.4 Å². The fraction of sp³-hybridized carbons (Fsp3) is 0. The molecule has 30 heteroatoms. The van der Waals surface area contributed by atoms with Crippen molar-refractivity contribution in [3.8, 4) is 154 Å². The average molecular weight is 1680 g/mol. The number of nitrogens with zero attached hydrogens (tertiary/aromatic N) is 30. The summed E-state index contributed by atoms with van der Waals surface area (Å²) in [6, 6.07) is 104. The molecule has 12 aromatic carbocycles. The van der Waals surface area contributed by atoms with Gasteiger partial charge in [0.1, 0.15) is 38.0 Å². The van der Waals surface area contributed by atoms with Crippen LogP contribution in [0.2, 0.25) is 0 Å². The summed E-state index contributed by atoms with van der Waals surface area (Å²) >= 11 is 0. The summed E-state index contributed by atoms with van der Waals surface area (Å²) < 4.78 is 16.8. The van der Waals surface area contributed by atoms with Crippen LogP contribution in [-0.2, 0) is 0 Å². The van der Waals surface area contributed by atoms with Gasteiger partial charge in [0.2, 0.25) is 0 Å². The molecular formula is C99H66N30. The van der Waals surface area contributed by atoms with E-state index in [2.05, 4.69) is 257 Å². The molecule has 612 valence electrons. The Hall–Kier alpha value is -18.9. The van der Waals surface area contributed by atoms with Crippen LogP contribution in [0.1, 0.15) is 0 Å². The lowest BCUT2D eigenvalue weighted by Crippen LogP contribution is -2.03. The largest absolute Gasteiger partial charge is 0.317 e. The van der Waals surface area contributed by atoms with Crippen LogP contribution in [0.5, 0.6) is 0 Å². The van der Waals surface area contributed by atoms with E-state index in [0.717, 1.165) is 118 Å². The van der Waals surface area contributed by atoms with Crippen LogP contribution in [0.3, 0.4) is 0 Å². The molecule has 12 heterocycles. The highest BCUT2D eigenvalue weighted by Crippen LogP contribution is 2.35. The maximum atomic E-state index is 5.14. The molecule has 30 nitrogen and oxygen atoms in total. The van der Waals surface area contributed by atoms with Gasteiger partial charge in [0, 0.05) is 85.7 Å². The first-order valence-corrected chi connectivity index (χ1v) is 40.9. The fourth-order valence-corrected chi connectivity index (χ4v) is 15.4. The Bertz CT molecular complexity index is 7030. The number of hydrogen-bond donors (Lipinski definition) is 0. The van der Waals surface area contributed by atoms with E-state index in [1.165, 1.54) is 35.1 Å². The number of aromatic nitrogens is 30. The zero-order valence-electron chi connectivity index (χ0n) is 68.0. The summed E-state index contributed by atoms with van der Waals surface area (Å²) in [4.78, 5) is 56.8. The van der Waals surface area contributed by atoms with Crippen molar-refractivity contribution >= 4 is 32.7 Å². The van der Waals surface area contributed by atoms with Crippen LogP contribution in [0.15, 0.2) is 403 Å². The summed E-state index contributed by atoms with van der Waals surface area (Å²) in [7, 11) is 0. The molecular weight excluding hydrogens is 1610 g/mol. The van der Waals surface area contributed by atoms with Gasteiger partial charge in [-0.05, 0) is 162 Å². The minimum atomic E-state index is 0.522. The molecule has 24 aromatic rings. The van der Waals surface area contributed by atoms with Crippen molar-refractivity contribution in [2.75, 3.05) is 0 Å². The topological polar surface area (TPSA) is 315 Å². The minimum absolute atomic E-state index is 0.522. The lowest BCUT2D eigenvalue weighted by Gasteiger charge is -2.12.